The van der Waals surface area contributed by atoms with E-state index < -0.39 is 5.97 Å². The molecule has 2 aliphatic carbocycles. The first-order chi connectivity index (χ1) is 24.3. The van der Waals surface area contributed by atoms with E-state index in [9.17, 15) is 9.59 Å². The number of fused-ring (bicyclic) bond motifs is 2. The molecular formula is C38H60N4O8. The van der Waals surface area contributed by atoms with Gasteiger partial charge >= 0.3 is 11.9 Å². The van der Waals surface area contributed by atoms with Crippen molar-refractivity contribution in [3.05, 3.63) is 57.2 Å². The number of aliphatic carboxylic acids is 1. The summed E-state index contributed by atoms with van der Waals surface area (Å²) < 4.78 is 26.2. The van der Waals surface area contributed by atoms with Gasteiger partial charge in [-0.2, -0.15) is 0 Å². The molecule has 0 saturated heterocycles. The zero-order valence-electron chi connectivity index (χ0n) is 30.9. The van der Waals surface area contributed by atoms with Crippen LogP contribution in [0.3, 0.4) is 0 Å². The van der Waals surface area contributed by atoms with Gasteiger partial charge in [0, 0.05) is 51.9 Å². The monoisotopic (exact) mass is 700 g/mol. The van der Waals surface area contributed by atoms with Gasteiger partial charge in [0.05, 0.1) is 30.2 Å². The molecule has 2 aromatic rings. The Kier molecular flexibility index (Phi) is 19.4. The van der Waals surface area contributed by atoms with Crippen LogP contribution in [0.1, 0.15) is 117 Å². The van der Waals surface area contributed by atoms with Crippen molar-refractivity contribution in [3.63, 3.8) is 0 Å². The smallest absolute Gasteiger partial charge is 0.332 e. The van der Waals surface area contributed by atoms with E-state index in [2.05, 4.69) is 22.8 Å². The summed E-state index contributed by atoms with van der Waals surface area (Å²) in [5, 5.41) is 15.4. The third kappa shape index (κ3) is 14.3. The number of carbonyl (C=O) groups is 2. The van der Waals surface area contributed by atoms with Gasteiger partial charge in [0.15, 0.2) is 0 Å². The maximum absolute atomic E-state index is 11.2. The second-order valence-electron chi connectivity index (χ2n) is 12.8. The lowest BCUT2D eigenvalue weighted by molar-refractivity contribution is -0.148. The van der Waals surface area contributed by atoms with Crippen molar-refractivity contribution in [2.75, 3.05) is 60.3 Å². The van der Waals surface area contributed by atoms with Gasteiger partial charge in [-0.05, 0) is 120 Å². The third-order valence-corrected chi connectivity index (χ3v) is 8.97. The Morgan fingerprint density at radius 3 is 1.66 bits per heavy atom. The van der Waals surface area contributed by atoms with Crippen LogP contribution in [0.5, 0.6) is 0 Å². The summed E-state index contributed by atoms with van der Waals surface area (Å²) in [6, 6.07) is 4.58. The maximum atomic E-state index is 11.2. The molecule has 0 aromatic carbocycles. The molecule has 2 heterocycles. The van der Waals surface area contributed by atoms with E-state index in [0.29, 0.717) is 19.8 Å². The molecule has 12 heteroatoms. The van der Waals surface area contributed by atoms with E-state index in [1.54, 1.807) is 21.1 Å². The van der Waals surface area contributed by atoms with Gasteiger partial charge in [-0.3, -0.25) is 9.97 Å². The number of aryl methyl sites for hydroxylation is 4. The van der Waals surface area contributed by atoms with Gasteiger partial charge in [-0.15, -0.1) is 0 Å². The highest BCUT2D eigenvalue weighted by Gasteiger charge is 2.20. The van der Waals surface area contributed by atoms with E-state index in [-0.39, 0.29) is 31.4 Å². The molecule has 280 valence electrons. The minimum absolute atomic E-state index is 0.00746. The lowest BCUT2D eigenvalue weighted by Gasteiger charge is -2.21. The zero-order valence-corrected chi connectivity index (χ0v) is 30.9. The van der Waals surface area contributed by atoms with Gasteiger partial charge in [0.2, 0.25) is 0 Å². The van der Waals surface area contributed by atoms with Crippen molar-refractivity contribution in [2.24, 2.45) is 0 Å². The number of methoxy groups -OCH3 is 2. The highest BCUT2D eigenvalue weighted by atomic mass is 16.6. The van der Waals surface area contributed by atoms with E-state index in [1.165, 1.54) is 59.3 Å². The lowest BCUT2D eigenvalue weighted by atomic mass is 9.93. The molecule has 0 spiro atoms. The van der Waals surface area contributed by atoms with Crippen molar-refractivity contribution in [1.29, 1.82) is 0 Å². The number of nitrogens with one attached hydrogen (secondary N) is 2. The van der Waals surface area contributed by atoms with Crippen LogP contribution >= 0.6 is 0 Å². The molecule has 12 nitrogen and oxygen atoms in total. The minimum atomic E-state index is -0.929. The predicted octanol–water partition coefficient (Wildman–Crippen LogP) is 4.98. The number of carboxylic acid groups (broad SMARTS) is 1. The van der Waals surface area contributed by atoms with Gasteiger partial charge in [-0.1, -0.05) is 12.1 Å². The Labute approximate surface area is 298 Å². The van der Waals surface area contributed by atoms with Crippen LogP contribution in [-0.2, 0) is 72.0 Å². The number of nitrogens with zero attached hydrogens (tertiary/aromatic N) is 2. The number of ether oxygens (including phenoxy) is 5. The summed E-state index contributed by atoms with van der Waals surface area (Å²) in [6.07, 6.45) is 10.9. The largest absolute Gasteiger partial charge is 0.480 e. The average molecular weight is 701 g/mol. The molecule has 4 rings (SSSR count). The first-order valence-electron chi connectivity index (χ1n) is 18.3. The first kappa shape index (κ1) is 41.4. The minimum Gasteiger partial charge on any atom is -0.480 e. The molecule has 0 amide bonds. The van der Waals surface area contributed by atoms with E-state index in [0.717, 1.165) is 76.1 Å². The summed E-state index contributed by atoms with van der Waals surface area (Å²) in [4.78, 5) is 31.3. The summed E-state index contributed by atoms with van der Waals surface area (Å²) in [5.74, 6) is -1.24. The third-order valence-electron chi connectivity index (χ3n) is 8.97. The number of rotatable bonds is 21. The molecule has 2 atom stereocenters. The summed E-state index contributed by atoms with van der Waals surface area (Å²) in [5.41, 5.74) is 9.70. The van der Waals surface area contributed by atoms with Gasteiger partial charge in [0.1, 0.15) is 13.2 Å². The average Bonchev–Trinajstić information content (AvgIpc) is 3.12. The highest BCUT2D eigenvalue weighted by Crippen LogP contribution is 2.27. The summed E-state index contributed by atoms with van der Waals surface area (Å²) >= 11 is 0. The van der Waals surface area contributed by atoms with E-state index in [1.807, 2.05) is 13.8 Å². The molecule has 50 heavy (non-hydrogen) atoms. The number of esters is 1. The molecule has 0 bridgehead atoms. The molecule has 0 fully saturated rings. The van der Waals surface area contributed by atoms with Crippen molar-refractivity contribution < 1.29 is 38.4 Å². The van der Waals surface area contributed by atoms with Crippen molar-refractivity contribution >= 4 is 11.9 Å². The molecule has 0 radical (unpaired) electrons. The molecule has 2 aromatic heterocycles. The normalized spacial score (nSPS) is 14.9. The SMILES string of the molecule is CCOC(=O)COCCCNCc1cc2c(nc1C(C)OC)CCCC2.COC(C)c1nc2c(cc1CNCCCOCC(=O)O)CCCC2. The van der Waals surface area contributed by atoms with Crippen LogP contribution in [0.2, 0.25) is 0 Å². The fraction of sp³-hybridized carbons (Fsp3) is 0.684. The zero-order chi connectivity index (χ0) is 36.1. The van der Waals surface area contributed by atoms with Crippen LogP contribution in [-0.4, -0.2) is 87.4 Å². The van der Waals surface area contributed by atoms with Gasteiger partial charge < -0.3 is 39.4 Å². The van der Waals surface area contributed by atoms with E-state index in [4.69, 9.17) is 38.8 Å². The summed E-state index contributed by atoms with van der Waals surface area (Å²) in [6.45, 7) is 10.1. The molecule has 2 aliphatic rings. The number of pyridine rings is 2. The van der Waals surface area contributed by atoms with Crippen LogP contribution in [0.15, 0.2) is 12.1 Å². The molecular weight excluding hydrogens is 640 g/mol. The second-order valence-corrected chi connectivity index (χ2v) is 12.8. The molecule has 0 saturated carbocycles. The predicted molar refractivity (Wildman–Crippen MR) is 191 cm³/mol. The Balaban J connectivity index is 0.000000271. The second kappa shape index (κ2) is 23.5. The van der Waals surface area contributed by atoms with Crippen molar-refractivity contribution in [1.82, 2.24) is 20.6 Å². The van der Waals surface area contributed by atoms with Crippen LogP contribution in [0.25, 0.3) is 0 Å². The van der Waals surface area contributed by atoms with E-state index >= 15 is 0 Å². The quantitative estimate of drug-likeness (QED) is 0.119. The molecule has 3 N–H and O–H groups in total. The number of carbonyl (C=O) groups excluding carboxylic acids is 1. The van der Waals surface area contributed by atoms with Crippen LogP contribution in [0.4, 0.5) is 0 Å². The Morgan fingerprint density at radius 2 is 1.22 bits per heavy atom. The topological polar surface area (TPSA) is 150 Å². The standard InChI is InChI=1S/C20H32N2O4.C18H28N2O4/c1-4-26-19(23)14-25-11-7-10-21-13-17-12-16-8-5-6-9-18(16)22-20(17)15(2)24-3;1-13(23-2)18-15(10-14-6-3-4-7-16(14)20-18)11-19-8-5-9-24-12-17(21)22/h12,15,21H,4-11,13-14H2,1-3H3;10,13,19H,3-9,11-12H2,1-2H3,(H,21,22). The number of carboxylic acids is 1. The van der Waals surface area contributed by atoms with Crippen molar-refractivity contribution in [2.45, 2.75) is 110 Å². The fourth-order valence-corrected chi connectivity index (χ4v) is 6.17. The number of hydrogen-bond donors (Lipinski definition) is 3. The molecule has 0 aliphatic heterocycles. The number of aromatic nitrogens is 2. The maximum Gasteiger partial charge on any atom is 0.332 e. The van der Waals surface area contributed by atoms with Crippen LogP contribution in [0, 0.1) is 0 Å². The highest BCUT2D eigenvalue weighted by molar-refractivity contribution is 5.70. The fourth-order valence-electron chi connectivity index (χ4n) is 6.17. The van der Waals surface area contributed by atoms with Gasteiger partial charge in [-0.25, -0.2) is 9.59 Å². The summed E-state index contributed by atoms with van der Waals surface area (Å²) in [7, 11) is 3.44. The Bertz CT molecular complexity index is 1320. The molecule has 2 unspecified atom stereocenters. The lowest BCUT2D eigenvalue weighted by Crippen LogP contribution is -2.21. The van der Waals surface area contributed by atoms with Crippen LogP contribution < -0.4 is 10.6 Å². The Hall–Kier alpha value is -3.00. The first-order valence-corrected chi connectivity index (χ1v) is 18.3. The van der Waals surface area contributed by atoms with Crippen molar-refractivity contribution in [3.8, 4) is 0 Å². The number of hydrogen-bond acceptors (Lipinski definition) is 11. The Morgan fingerprint density at radius 1 is 0.760 bits per heavy atom. The van der Waals surface area contributed by atoms with Gasteiger partial charge in [0.25, 0.3) is 0 Å².